The van der Waals surface area contributed by atoms with E-state index in [-0.39, 0.29) is 11.9 Å². The summed E-state index contributed by atoms with van der Waals surface area (Å²) in [7, 11) is 2.00. The third-order valence-electron chi connectivity index (χ3n) is 3.45. The van der Waals surface area contributed by atoms with Crippen molar-refractivity contribution >= 4 is 5.82 Å². The molecule has 1 aromatic heterocycles. The molecular weight excluding hydrogens is 262 g/mol. The molecular formula is C12H21N5O3. The van der Waals surface area contributed by atoms with E-state index in [1.165, 1.54) is 6.20 Å². The van der Waals surface area contributed by atoms with Crippen molar-refractivity contribution in [3.05, 3.63) is 22.1 Å². The van der Waals surface area contributed by atoms with Gasteiger partial charge in [0, 0.05) is 33.1 Å². The molecule has 2 heterocycles. The van der Waals surface area contributed by atoms with Gasteiger partial charge in [-0.05, 0) is 12.0 Å². The third kappa shape index (κ3) is 3.75. The van der Waals surface area contributed by atoms with E-state index >= 15 is 0 Å². The van der Waals surface area contributed by atoms with Gasteiger partial charge in [0.1, 0.15) is 12.7 Å². The van der Waals surface area contributed by atoms with Crippen LogP contribution in [0, 0.1) is 17.0 Å². The molecule has 8 nitrogen and oxygen atoms in total. The molecule has 1 aliphatic rings. The van der Waals surface area contributed by atoms with Gasteiger partial charge in [-0.2, -0.15) is 0 Å². The fourth-order valence-corrected chi connectivity index (χ4v) is 2.32. The predicted octanol–water partition coefficient (Wildman–Crippen LogP) is 0.0199. The van der Waals surface area contributed by atoms with Crippen LogP contribution in [-0.2, 0) is 11.3 Å². The monoisotopic (exact) mass is 283 g/mol. The number of nitrogens with one attached hydrogen (secondary N) is 1. The fraction of sp³-hybridized carbons (Fsp3) is 0.750. The predicted molar refractivity (Wildman–Crippen MR) is 73.7 cm³/mol. The molecule has 0 spiro atoms. The van der Waals surface area contributed by atoms with Crippen molar-refractivity contribution in [1.82, 2.24) is 19.8 Å². The number of aryl methyl sites for hydroxylation is 1. The van der Waals surface area contributed by atoms with Crippen LogP contribution in [0.3, 0.4) is 0 Å². The molecule has 0 bridgehead atoms. The number of nitro groups is 1. The van der Waals surface area contributed by atoms with Gasteiger partial charge < -0.3 is 20.2 Å². The molecule has 1 unspecified atom stereocenters. The molecule has 112 valence electrons. The number of nitrogens with zero attached hydrogens (tertiary/aromatic N) is 4. The first-order valence-electron chi connectivity index (χ1n) is 6.75. The van der Waals surface area contributed by atoms with E-state index in [0.717, 1.165) is 32.8 Å². The number of morpholine rings is 1. The summed E-state index contributed by atoms with van der Waals surface area (Å²) in [6, 6.07) is 0. The molecule has 1 aromatic rings. The van der Waals surface area contributed by atoms with E-state index in [9.17, 15) is 10.1 Å². The largest absolute Gasteiger partial charge is 0.374 e. The lowest BCUT2D eigenvalue weighted by atomic mass is 10.3. The highest BCUT2D eigenvalue weighted by Gasteiger charge is 2.19. The molecule has 1 N–H and O–H groups in total. The lowest BCUT2D eigenvalue weighted by Crippen LogP contribution is -2.44. The Balaban J connectivity index is 1.85. The van der Waals surface area contributed by atoms with E-state index in [1.807, 2.05) is 7.05 Å². The summed E-state index contributed by atoms with van der Waals surface area (Å²) in [4.78, 5) is 16.6. The molecule has 0 radical (unpaired) electrons. The van der Waals surface area contributed by atoms with Gasteiger partial charge in [-0.15, -0.1) is 0 Å². The van der Waals surface area contributed by atoms with Crippen LogP contribution in [-0.4, -0.2) is 65.3 Å². The first-order chi connectivity index (χ1) is 9.58. The molecule has 1 saturated heterocycles. The molecule has 1 aliphatic heterocycles. The van der Waals surface area contributed by atoms with Gasteiger partial charge in [-0.1, -0.05) is 0 Å². The van der Waals surface area contributed by atoms with Crippen LogP contribution >= 0.6 is 0 Å². The Kier molecular flexibility index (Phi) is 5.05. The van der Waals surface area contributed by atoms with E-state index < -0.39 is 4.92 Å². The van der Waals surface area contributed by atoms with Crippen molar-refractivity contribution < 1.29 is 9.66 Å². The molecule has 0 aliphatic carbocycles. The molecule has 20 heavy (non-hydrogen) atoms. The Morgan fingerprint density at radius 3 is 3.15 bits per heavy atom. The average Bonchev–Trinajstić information content (AvgIpc) is 2.79. The highest BCUT2D eigenvalue weighted by atomic mass is 16.6. The van der Waals surface area contributed by atoms with Crippen LogP contribution in [0.4, 0.5) is 5.82 Å². The van der Waals surface area contributed by atoms with Gasteiger partial charge in [0.05, 0.1) is 12.7 Å². The van der Waals surface area contributed by atoms with Gasteiger partial charge in [-0.25, -0.2) is 9.55 Å². The number of rotatable bonds is 6. The number of hydrogen-bond acceptors (Lipinski definition) is 6. The van der Waals surface area contributed by atoms with E-state index in [2.05, 4.69) is 15.2 Å². The Morgan fingerprint density at radius 2 is 2.50 bits per heavy atom. The molecule has 8 heteroatoms. The minimum atomic E-state index is -0.395. The second-order valence-electron chi connectivity index (χ2n) is 5.03. The van der Waals surface area contributed by atoms with Gasteiger partial charge in [-0.3, -0.25) is 4.90 Å². The minimum Gasteiger partial charge on any atom is -0.374 e. The average molecular weight is 283 g/mol. The zero-order chi connectivity index (χ0) is 14.5. The number of ether oxygens (including phenoxy) is 1. The maximum atomic E-state index is 10.9. The summed E-state index contributed by atoms with van der Waals surface area (Å²) in [5.41, 5.74) is 0. The maximum absolute atomic E-state index is 10.9. The van der Waals surface area contributed by atoms with Crippen LogP contribution in [0.15, 0.2) is 6.20 Å². The molecule has 0 aromatic carbocycles. The molecule has 2 rings (SSSR count). The second kappa shape index (κ2) is 6.78. The van der Waals surface area contributed by atoms with Crippen LogP contribution in [0.1, 0.15) is 5.82 Å². The second-order valence-corrected chi connectivity index (χ2v) is 5.03. The maximum Gasteiger partial charge on any atom is 0.342 e. The van der Waals surface area contributed by atoms with Gasteiger partial charge >= 0.3 is 5.82 Å². The topological polar surface area (TPSA) is 85.5 Å². The number of imidazole rings is 1. The van der Waals surface area contributed by atoms with E-state index in [0.29, 0.717) is 12.4 Å². The van der Waals surface area contributed by atoms with Crippen LogP contribution in [0.2, 0.25) is 0 Å². The van der Waals surface area contributed by atoms with Crippen molar-refractivity contribution in [3.63, 3.8) is 0 Å². The molecule has 0 saturated carbocycles. The van der Waals surface area contributed by atoms with E-state index in [4.69, 9.17) is 4.74 Å². The summed E-state index contributed by atoms with van der Waals surface area (Å²) in [6.07, 6.45) is 1.50. The first kappa shape index (κ1) is 14.9. The zero-order valence-corrected chi connectivity index (χ0v) is 11.9. The van der Waals surface area contributed by atoms with Crippen LogP contribution in [0.5, 0.6) is 0 Å². The lowest BCUT2D eigenvalue weighted by molar-refractivity contribution is -0.392. The first-order valence-corrected chi connectivity index (χ1v) is 6.75. The van der Waals surface area contributed by atoms with Crippen molar-refractivity contribution in [2.45, 2.75) is 19.6 Å². The smallest absolute Gasteiger partial charge is 0.342 e. The van der Waals surface area contributed by atoms with Crippen molar-refractivity contribution in [1.29, 1.82) is 0 Å². The summed E-state index contributed by atoms with van der Waals surface area (Å²) < 4.78 is 7.28. The van der Waals surface area contributed by atoms with Gasteiger partial charge in [0.25, 0.3) is 0 Å². The highest BCUT2D eigenvalue weighted by Crippen LogP contribution is 2.13. The quantitative estimate of drug-likeness (QED) is 0.585. The third-order valence-corrected chi connectivity index (χ3v) is 3.45. The number of hydrogen-bond donors (Lipinski definition) is 1. The Labute approximate surface area is 117 Å². The van der Waals surface area contributed by atoms with Crippen molar-refractivity contribution in [2.24, 2.45) is 0 Å². The molecule has 1 fully saturated rings. The Bertz CT molecular complexity index is 456. The van der Waals surface area contributed by atoms with Crippen LogP contribution < -0.4 is 5.32 Å². The van der Waals surface area contributed by atoms with Gasteiger partial charge in [0.15, 0.2) is 5.82 Å². The van der Waals surface area contributed by atoms with E-state index in [1.54, 1.807) is 11.5 Å². The fourth-order valence-electron chi connectivity index (χ4n) is 2.32. The summed E-state index contributed by atoms with van der Waals surface area (Å²) in [6.45, 7) is 6.37. The molecule has 0 amide bonds. The van der Waals surface area contributed by atoms with Crippen molar-refractivity contribution in [2.75, 3.05) is 39.8 Å². The minimum absolute atomic E-state index is 0.0477. The van der Waals surface area contributed by atoms with Crippen LogP contribution in [0.25, 0.3) is 0 Å². The lowest BCUT2D eigenvalue weighted by Gasteiger charge is -2.27. The number of aromatic nitrogens is 2. The van der Waals surface area contributed by atoms with Crippen molar-refractivity contribution in [3.8, 4) is 0 Å². The normalized spacial score (nSPS) is 19.4. The van der Waals surface area contributed by atoms with Gasteiger partial charge in [0.2, 0.25) is 0 Å². The Hall–Kier alpha value is -1.51. The number of likely N-dealkylation sites (N-methyl/N-ethyl adjacent to an activating group) is 1. The Morgan fingerprint density at radius 1 is 1.70 bits per heavy atom. The highest BCUT2D eigenvalue weighted by molar-refractivity contribution is 5.18. The summed E-state index contributed by atoms with van der Waals surface area (Å²) >= 11 is 0. The summed E-state index contributed by atoms with van der Waals surface area (Å²) in [5.74, 6) is 0.715. The summed E-state index contributed by atoms with van der Waals surface area (Å²) in [5, 5.41) is 14.2. The zero-order valence-electron chi connectivity index (χ0n) is 11.9. The standard InChI is InChI=1S/C12H21N5O3/c1-10-14-8-12(17(18)19)16(10)5-4-15(2)9-11-7-13-3-6-20-11/h8,11,13H,3-7,9H2,1-2H3. The SMILES string of the molecule is Cc1ncc([N+](=O)[O-])n1CCN(C)CC1CNCCO1. The molecule has 1 atom stereocenters.